The number of alkyl halides is 3. The normalized spacial score (nSPS) is 12.5. The summed E-state index contributed by atoms with van der Waals surface area (Å²) < 4.78 is 32.1. The van der Waals surface area contributed by atoms with Crippen LogP contribution in [-0.4, -0.2) is 12.2 Å². The standard InChI is InChI=1S/C2H2F3P/c1-6-2(3,4)5/h1H2. The highest BCUT2D eigenvalue weighted by Crippen LogP contribution is 2.26. The van der Waals surface area contributed by atoms with Crippen molar-refractivity contribution in [3.63, 3.8) is 0 Å². The first kappa shape index (κ1) is 5.96. The van der Waals surface area contributed by atoms with Crippen molar-refractivity contribution in [3.8, 4) is 0 Å². The summed E-state index contributed by atoms with van der Waals surface area (Å²) in [6.07, 6.45) is 2.60. The van der Waals surface area contributed by atoms with E-state index in [0.717, 1.165) is 0 Å². The van der Waals surface area contributed by atoms with Gasteiger partial charge in [0.2, 0.25) is 0 Å². The molecular formula is C2H2F3P. The molecule has 0 aromatic rings. The van der Waals surface area contributed by atoms with Crippen molar-refractivity contribution in [2.75, 3.05) is 0 Å². The van der Waals surface area contributed by atoms with Gasteiger partial charge < -0.3 is 0 Å². The molecule has 4 heteroatoms. The molecule has 6 heavy (non-hydrogen) atoms. The molecule has 36 valence electrons. The summed E-state index contributed by atoms with van der Waals surface area (Å²) in [4.78, 5) is 0. The first-order valence-corrected chi connectivity index (χ1v) is 2.19. The molecule has 0 saturated heterocycles. The quantitative estimate of drug-likeness (QED) is 0.422. The molecule has 0 radical (unpaired) electrons. The highest BCUT2D eigenvalue weighted by atomic mass is 31.1. The van der Waals surface area contributed by atoms with E-state index in [0.29, 0.717) is 0 Å². The molecule has 0 nitrogen and oxygen atoms in total. The Labute approximate surface area is 34.8 Å². The van der Waals surface area contributed by atoms with Gasteiger partial charge in [0.25, 0.3) is 0 Å². The molecule has 0 aliphatic heterocycles. The lowest BCUT2D eigenvalue weighted by Crippen LogP contribution is -1.90. The van der Waals surface area contributed by atoms with Gasteiger partial charge in [0.05, 0.1) is 0 Å². The van der Waals surface area contributed by atoms with Crippen LogP contribution in [0, 0.1) is 0 Å². The Kier molecular flexibility index (Phi) is 1.59. The zero-order valence-electron chi connectivity index (χ0n) is 2.79. The lowest BCUT2D eigenvalue weighted by Gasteiger charge is -1.90. The fraction of sp³-hybridized carbons (Fsp3) is 0.500. The van der Waals surface area contributed by atoms with Crippen molar-refractivity contribution in [2.45, 2.75) is 5.92 Å². The van der Waals surface area contributed by atoms with Crippen LogP contribution in [0.5, 0.6) is 0 Å². The second kappa shape index (κ2) is 1.61. The van der Waals surface area contributed by atoms with Crippen LogP contribution in [0.3, 0.4) is 0 Å². The number of halogens is 3. The molecule has 0 spiro atoms. The Bertz CT molecular complexity index is 54.3. The SMILES string of the molecule is C=PC(F)(F)F. The minimum absolute atomic E-state index is 0.775. The summed E-state index contributed by atoms with van der Waals surface area (Å²) >= 11 is 0. The van der Waals surface area contributed by atoms with Crippen molar-refractivity contribution in [3.05, 3.63) is 0 Å². The van der Waals surface area contributed by atoms with Crippen LogP contribution in [0.15, 0.2) is 0 Å². The summed E-state index contributed by atoms with van der Waals surface area (Å²) in [6.45, 7) is 0. The molecule has 0 fully saturated rings. The van der Waals surface area contributed by atoms with E-state index in [2.05, 4.69) is 6.30 Å². The third-order valence-electron chi connectivity index (χ3n) is 0.179. The fourth-order valence-electron chi connectivity index (χ4n) is 0. The summed E-state index contributed by atoms with van der Waals surface area (Å²) in [5.41, 5.74) is 0. The fourth-order valence-corrected chi connectivity index (χ4v) is 0. The molecule has 0 aromatic heterocycles. The summed E-state index contributed by atoms with van der Waals surface area (Å²) in [5.74, 6) is -4.10. The summed E-state index contributed by atoms with van der Waals surface area (Å²) in [6, 6.07) is 0. The molecule has 0 aliphatic rings. The zero-order valence-corrected chi connectivity index (χ0v) is 3.68. The molecule has 0 saturated carbocycles. The molecule has 0 rings (SSSR count). The Hall–Kier alpha value is -0.0400. The van der Waals surface area contributed by atoms with Crippen molar-refractivity contribution in [1.29, 1.82) is 0 Å². The van der Waals surface area contributed by atoms with Gasteiger partial charge in [-0.15, -0.1) is 0 Å². The third kappa shape index (κ3) is 3.96. The van der Waals surface area contributed by atoms with E-state index in [1.54, 1.807) is 0 Å². The average molecular weight is 114 g/mol. The molecule has 0 bridgehead atoms. The van der Waals surface area contributed by atoms with E-state index in [-0.39, 0.29) is 0 Å². The number of rotatable bonds is 0. The minimum atomic E-state index is -4.10. The highest BCUT2D eigenvalue weighted by molar-refractivity contribution is 7.37. The zero-order chi connectivity index (χ0) is 5.21. The van der Waals surface area contributed by atoms with Crippen LogP contribution in [0.2, 0.25) is 0 Å². The molecule has 0 heterocycles. The number of hydrogen-bond acceptors (Lipinski definition) is 0. The predicted molar refractivity (Wildman–Crippen MR) is 20.1 cm³/mol. The van der Waals surface area contributed by atoms with Crippen molar-refractivity contribution < 1.29 is 13.2 Å². The van der Waals surface area contributed by atoms with Gasteiger partial charge in [-0.25, -0.2) is 0 Å². The molecule has 0 aliphatic carbocycles. The van der Waals surface area contributed by atoms with Gasteiger partial charge >= 0.3 is 5.92 Å². The van der Waals surface area contributed by atoms with Crippen LogP contribution < -0.4 is 0 Å². The smallest absolute Gasteiger partial charge is 0.163 e. The van der Waals surface area contributed by atoms with Crippen LogP contribution in [0.25, 0.3) is 0 Å². The van der Waals surface area contributed by atoms with E-state index in [4.69, 9.17) is 0 Å². The summed E-state index contributed by atoms with van der Waals surface area (Å²) in [7, 11) is -0.775. The first-order chi connectivity index (χ1) is 2.56. The first-order valence-electron chi connectivity index (χ1n) is 1.11. The van der Waals surface area contributed by atoms with Gasteiger partial charge in [0.15, 0.2) is 0 Å². The van der Waals surface area contributed by atoms with E-state index >= 15 is 0 Å². The second-order valence-electron chi connectivity index (χ2n) is 0.626. The van der Waals surface area contributed by atoms with Crippen molar-refractivity contribution >= 4 is 14.5 Å². The van der Waals surface area contributed by atoms with E-state index < -0.39 is 14.1 Å². The van der Waals surface area contributed by atoms with Crippen LogP contribution in [0.1, 0.15) is 0 Å². The van der Waals surface area contributed by atoms with Crippen molar-refractivity contribution in [1.82, 2.24) is 0 Å². The van der Waals surface area contributed by atoms with E-state index in [1.807, 2.05) is 0 Å². The van der Waals surface area contributed by atoms with Gasteiger partial charge in [0, 0.05) is 8.20 Å². The Morgan fingerprint density at radius 3 is 1.50 bits per heavy atom. The molecule has 0 aromatic carbocycles. The highest BCUT2D eigenvalue weighted by Gasteiger charge is 2.21. The second-order valence-corrected chi connectivity index (χ2v) is 1.45. The maximum Gasteiger partial charge on any atom is 0.430 e. The summed E-state index contributed by atoms with van der Waals surface area (Å²) in [5, 5.41) is 0. The van der Waals surface area contributed by atoms with Gasteiger partial charge in [-0.05, 0) is 0 Å². The molecular weight excluding hydrogens is 112 g/mol. The van der Waals surface area contributed by atoms with Gasteiger partial charge in [-0.3, -0.25) is 0 Å². The Balaban J connectivity index is 3.45. The van der Waals surface area contributed by atoms with Crippen LogP contribution >= 0.6 is 8.20 Å². The lowest BCUT2D eigenvalue weighted by atomic mass is 11.6. The predicted octanol–water partition coefficient (Wildman–Crippen LogP) is 1.88. The minimum Gasteiger partial charge on any atom is -0.163 e. The third-order valence-corrected chi connectivity index (χ3v) is 0.538. The average Bonchev–Trinajstić information content (AvgIpc) is 1.35. The molecule has 0 unspecified atom stereocenters. The topological polar surface area (TPSA) is 0 Å². The van der Waals surface area contributed by atoms with E-state index in [9.17, 15) is 13.2 Å². The van der Waals surface area contributed by atoms with Crippen molar-refractivity contribution in [2.24, 2.45) is 0 Å². The molecule has 0 N–H and O–H groups in total. The van der Waals surface area contributed by atoms with Crippen LogP contribution in [0.4, 0.5) is 13.2 Å². The van der Waals surface area contributed by atoms with Gasteiger partial charge in [0.1, 0.15) is 0 Å². The largest absolute Gasteiger partial charge is 0.430 e. The Morgan fingerprint density at radius 2 is 1.50 bits per heavy atom. The van der Waals surface area contributed by atoms with Gasteiger partial charge in [-0.2, -0.15) is 13.2 Å². The molecule has 0 atom stereocenters. The maximum absolute atomic E-state index is 10.7. The molecule has 0 amide bonds. The monoisotopic (exact) mass is 114 g/mol. The Morgan fingerprint density at radius 1 is 1.33 bits per heavy atom. The van der Waals surface area contributed by atoms with E-state index in [1.165, 1.54) is 0 Å². The maximum atomic E-state index is 10.7. The lowest BCUT2D eigenvalue weighted by molar-refractivity contribution is -0.0348. The van der Waals surface area contributed by atoms with Gasteiger partial charge in [-0.1, -0.05) is 6.30 Å². The number of hydrogen-bond donors (Lipinski definition) is 0. The van der Waals surface area contributed by atoms with Crippen LogP contribution in [-0.2, 0) is 0 Å².